The smallest absolute Gasteiger partial charge is 0.161 e. The highest BCUT2D eigenvalue weighted by molar-refractivity contribution is 6.30. The first-order chi connectivity index (χ1) is 8.70. The summed E-state index contributed by atoms with van der Waals surface area (Å²) in [4.78, 5) is 0. The van der Waals surface area contributed by atoms with Gasteiger partial charge in [0, 0.05) is 16.3 Å². The van der Waals surface area contributed by atoms with Crippen molar-refractivity contribution in [3.8, 4) is 11.5 Å². The molecule has 94 valence electrons. The highest BCUT2D eigenvalue weighted by Crippen LogP contribution is 2.27. The third kappa shape index (κ3) is 2.87. The molecule has 2 aromatic carbocycles. The van der Waals surface area contributed by atoms with E-state index in [1.54, 1.807) is 19.2 Å². The van der Waals surface area contributed by atoms with Gasteiger partial charge in [0.05, 0.1) is 7.11 Å². The van der Waals surface area contributed by atoms with Gasteiger partial charge in [-0.1, -0.05) is 29.8 Å². The number of rotatable bonds is 4. The third-order valence-electron chi connectivity index (χ3n) is 2.56. The first kappa shape index (κ1) is 12.6. The van der Waals surface area contributed by atoms with Crippen molar-refractivity contribution >= 4 is 17.3 Å². The van der Waals surface area contributed by atoms with Crippen molar-refractivity contribution in [3.05, 3.63) is 53.1 Å². The van der Waals surface area contributed by atoms with E-state index in [1.165, 1.54) is 0 Å². The van der Waals surface area contributed by atoms with Crippen LogP contribution in [0.4, 0.5) is 5.69 Å². The maximum absolute atomic E-state index is 5.86. The molecule has 18 heavy (non-hydrogen) atoms. The monoisotopic (exact) mass is 263 g/mol. The van der Waals surface area contributed by atoms with Crippen LogP contribution in [0.3, 0.4) is 0 Å². The van der Waals surface area contributed by atoms with Gasteiger partial charge in [0.2, 0.25) is 0 Å². The number of ether oxygens (including phenoxy) is 2. The van der Waals surface area contributed by atoms with Gasteiger partial charge in [-0.05, 0) is 24.3 Å². The summed E-state index contributed by atoms with van der Waals surface area (Å²) in [7, 11) is 1.61. The van der Waals surface area contributed by atoms with Crippen LogP contribution in [0.1, 0.15) is 5.56 Å². The number of halogens is 1. The zero-order valence-electron chi connectivity index (χ0n) is 10.0. The molecule has 0 saturated heterocycles. The molecule has 0 bridgehead atoms. The van der Waals surface area contributed by atoms with Gasteiger partial charge in [0.15, 0.2) is 11.5 Å². The predicted molar refractivity (Wildman–Crippen MR) is 73.2 cm³/mol. The van der Waals surface area contributed by atoms with Gasteiger partial charge in [-0.3, -0.25) is 0 Å². The molecule has 0 heterocycles. The Morgan fingerprint density at radius 3 is 2.50 bits per heavy atom. The van der Waals surface area contributed by atoms with Crippen LogP contribution in [0.15, 0.2) is 42.5 Å². The molecule has 0 unspecified atom stereocenters. The fourth-order valence-corrected chi connectivity index (χ4v) is 1.77. The standard InChI is InChI=1S/C14H14ClNO2/c1-17-13-4-2-3-5-14(13)18-9-10-6-7-11(15)8-12(10)16/h2-8H,9,16H2,1H3. The van der Waals surface area contributed by atoms with E-state index in [1.807, 2.05) is 30.3 Å². The molecule has 0 fully saturated rings. The summed E-state index contributed by atoms with van der Waals surface area (Å²) in [5.41, 5.74) is 7.38. The lowest BCUT2D eigenvalue weighted by atomic mass is 10.2. The molecule has 0 aromatic heterocycles. The van der Waals surface area contributed by atoms with Crippen molar-refractivity contribution in [2.24, 2.45) is 0 Å². The summed E-state index contributed by atoms with van der Waals surface area (Å²) >= 11 is 5.84. The summed E-state index contributed by atoms with van der Waals surface area (Å²) in [5.74, 6) is 1.39. The molecule has 0 amide bonds. The van der Waals surface area contributed by atoms with Crippen LogP contribution in [0.25, 0.3) is 0 Å². The minimum Gasteiger partial charge on any atom is -0.493 e. The summed E-state index contributed by atoms with van der Waals surface area (Å²) in [6.07, 6.45) is 0. The fourth-order valence-electron chi connectivity index (χ4n) is 1.59. The summed E-state index contributed by atoms with van der Waals surface area (Å²) < 4.78 is 10.9. The second-order valence-electron chi connectivity index (χ2n) is 3.78. The van der Waals surface area contributed by atoms with Crippen molar-refractivity contribution in [3.63, 3.8) is 0 Å². The van der Waals surface area contributed by atoms with E-state index < -0.39 is 0 Å². The third-order valence-corrected chi connectivity index (χ3v) is 2.80. The van der Waals surface area contributed by atoms with Crippen LogP contribution in [-0.4, -0.2) is 7.11 Å². The first-order valence-corrected chi connectivity index (χ1v) is 5.88. The number of benzene rings is 2. The molecule has 2 N–H and O–H groups in total. The molecular formula is C14H14ClNO2. The molecule has 0 spiro atoms. The highest BCUT2D eigenvalue weighted by atomic mass is 35.5. The number of anilines is 1. The van der Waals surface area contributed by atoms with Crippen LogP contribution in [0.2, 0.25) is 5.02 Å². The highest BCUT2D eigenvalue weighted by Gasteiger charge is 2.05. The van der Waals surface area contributed by atoms with Crippen LogP contribution in [-0.2, 0) is 6.61 Å². The zero-order chi connectivity index (χ0) is 13.0. The Kier molecular flexibility index (Phi) is 3.95. The van der Waals surface area contributed by atoms with Gasteiger partial charge >= 0.3 is 0 Å². The fraction of sp³-hybridized carbons (Fsp3) is 0.143. The lowest BCUT2D eigenvalue weighted by Gasteiger charge is -2.11. The molecule has 0 saturated carbocycles. The Morgan fingerprint density at radius 2 is 1.83 bits per heavy atom. The number of nitrogen functional groups attached to an aromatic ring is 1. The number of para-hydroxylation sites is 2. The summed E-state index contributed by atoms with van der Waals surface area (Å²) in [5, 5.41) is 0.619. The SMILES string of the molecule is COc1ccccc1OCc1ccc(Cl)cc1N. The average molecular weight is 264 g/mol. The number of nitrogens with two attached hydrogens (primary N) is 1. The second-order valence-corrected chi connectivity index (χ2v) is 4.22. The van der Waals surface area contributed by atoms with Crippen molar-refractivity contribution in [1.29, 1.82) is 0 Å². The Labute approximate surface area is 111 Å². The maximum Gasteiger partial charge on any atom is 0.161 e. The molecule has 0 aliphatic carbocycles. The molecule has 4 heteroatoms. The predicted octanol–water partition coefficient (Wildman–Crippen LogP) is 3.51. The van der Waals surface area contributed by atoms with Gasteiger partial charge in [0.25, 0.3) is 0 Å². The van der Waals surface area contributed by atoms with E-state index in [0.29, 0.717) is 28.8 Å². The summed E-state index contributed by atoms with van der Waals surface area (Å²) in [6, 6.07) is 12.8. The van der Waals surface area contributed by atoms with Crippen molar-refractivity contribution < 1.29 is 9.47 Å². The van der Waals surface area contributed by atoms with E-state index in [4.69, 9.17) is 26.8 Å². The van der Waals surface area contributed by atoms with E-state index in [9.17, 15) is 0 Å². The lowest BCUT2D eigenvalue weighted by Crippen LogP contribution is -2.01. The molecule has 0 atom stereocenters. The molecule has 0 radical (unpaired) electrons. The molecule has 2 rings (SSSR count). The van der Waals surface area contributed by atoms with Crippen molar-refractivity contribution in [1.82, 2.24) is 0 Å². The Balaban J connectivity index is 2.11. The second kappa shape index (κ2) is 5.65. The van der Waals surface area contributed by atoms with Crippen LogP contribution in [0, 0.1) is 0 Å². The molecule has 0 aliphatic heterocycles. The molecule has 3 nitrogen and oxygen atoms in total. The Bertz CT molecular complexity index is 543. The zero-order valence-corrected chi connectivity index (χ0v) is 10.8. The number of hydrogen-bond acceptors (Lipinski definition) is 3. The first-order valence-electron chi connectivity index (χ1n) is 5.50. The Hall–Kier alpha value is -1.87. The van der Waals surface area contributed by atoms with E-state index in [0.717, 1.165) is 5.56 Å². The minimum atomic E-state index is 0.378. The van der Waals surface area contributed by atoms with Gasteiger partial charge in [0.1, 0.15) is 6.61 Å². The van der Waals surface area contributed by atoms with E-state index in [-0.39, 0.29) is 0 Å². The summed E-state index contributed by atoms with van der Waals surface area (Å²) in [6.45, 7) is 0.378. The van der Waals surface area contributed by atoms with Crippen LogP contribution < -0.4 is 15.2 Å². The Morgan fingerprint density at radius 1 is 1.11 bits per heavy atom. The quantitative estimate of drug-likeness (QED) is 0.859. The number of methoxy groups -OCH3 is 1. The molecule has 2 aromatic rings. The minimum absolute atomic E-state index is 0.378. The lowest BCUT2D eigenvalue weighted by molar-refractivity contribution is 0.285. The van der Waals surface area contributed by atoms with Gasteiger partial charge in [-0.2, -0.15) is 0 Å². The molecular weight excluding hydrogens is 250 g/mol. The topological polar surface area (TPSA) is 44.5 Å². The van der Waals surface area contributed by atoms with Crippen LogP contribution >= 0.6 is 11.6 Å². The van der Waals surface area contributed by atoms with E-state index >= 15 is 0 Å². The normalized spacial score (nSPS) is 10.1. The van der Waals surface area contributed by atoms with Gasteiger partial charge < -0.3 is 15.2 Å². The van der Waals surface area contributed by atoms with Gasteiger partial charge in [-0.15, -0.1) is 0 Å². The van der Waals surface area contributed by atoms with Gasteiger partial charge in [-0.25, -0.2) is 0 Å². The van der Waals surface area contributed by atoms with E-state index in [2.05, 4.69) is 0 Å². The average Bonchev–Trinajstić information content (AvgIpc) is 2.38. The number of hydrogen-bond donors (Lipinski definition) is 1. The maximum atomic E-state index is 5.86. The van der Waals surface area contributed by atoms with Crippen molar-refractivity contribution in [2.75, 3.05) is 12.8 Å². The molecule has 0 aliphatic rings. The van der Waals surface area contributed by atoms with Crippen LogP contribution in [0.5, 0.6) is 11.5 Å². The largest absolute Gasteiger partial charge is 0.493 e. The van der Waals surface area contributed by atoms with Crippen molar-refractivity contribution in [2.45, 2.75) is 6.61 Å².